The third kappa shape index (κ3) is 5.05. The molecule has 1 aliphatic heterocycles. The van der Waals surface area contributed by atoms with Crippen molar-refractivity contribution in [1.29, 1.82) is 0 Å². The fraction of sp³-hybridized carbons (Fsp3) is 0.375. The first-order valence-corrected chi connectivity index (χ1v) is 10.1. The van der Waals surface area contributed by atoms with Gasteiger partial charge in [-0.15, -0.1) is 0 Å². The molecule has 2 aliphatic rings. The van der Waals surface area contributed by atoms with Crippen molar-refractivity contribution < 1.29 is 24.1 Å². The van der Waals surface area contributed by atoms with Gasteiger partial charge in [-0.05, 0) is 47.2 Å². The van der Waals surface area contributed by atoms with E-state index in [1.807, 2.05) is 24.3 Å². The molecule has 0 radical (unpaired) electrons. The highest BCUT2D eigenvalue weighted by Gasteiger charge is 2.37. The van der Waals surface area contributed by atoms with Crippen LogP contribution in [0.2, 0.25) is 0 Å². The van der Waals surface area contributed by atoms with E-state index in [0.717, 1.165) is 36.1 Å². The van der Waals surface area contributed by atoms with Crippen molar-refractivity contribution in [1.82, 2.24) is 0 Å². The zero-order chi connectivity index (χ0) is 20.1. The number of allylic oxidation sites excluding steroid dienone is 1. The molecule has 2 aromatic rings. The van der Waals surface area contributed by atoms with Crippen LogP contribution in [0, 0.1) is 0 Å². The van der Waals surface area contributed by atoms with E-state index < -0.39 is 5.97 Å². The summed E-state index contributed by atoms with van der Waals surface area (Å²) < 4.78 is 17.4. The molecule has 0 unspecified atom stereocenters. The van der Waals surface area contributed by atoms with Gasteiger partial charge in [0.15, 0.2) is 5.79 Å². The average Bonchev–Trinajstić information content (AvgIpc) is 3.20. The zero-order valence-electron chi connectivity index (χ0n) is 16.4. The van der Waals surface area contributed by atoms with Gasteiger partial charge in [0.2, 0.25) is 0 Å². The van der Waals surface area contributed by atoms with E-state index in [-0.39, 0.29) is 12.2 Å². The number of ether oxygens (including phenoxy) is 3. The summed E-state index contributed by atoms with van der Waals surface area (Å²) >= 11 is 0. The molecule has 0 atom stereocenters. The van der Waals surface area contributed by atoms with Crippen LogP contribution in [0.25, 0.3) is 5.57 Å². The lowest BCUT2D eigenvalue weighted by atomic mass is 9.89. The second-order valence-corrected chi connectivity index (χ2v) is 7.56. The lowest BCUT2D eigenvalue weighted by Crippen LogP contribution is -2.31. The van der Waals surface area contributed by atoms with E-state index in [0.29, 0.717) is 26.2 Å². The Balaban J connectivity index is 1.29. The molecule has 0 amide bonds. The van der Waals surface area contributed by atoms with Crippen LogP contribution in [0.3, 0.4) is 0 Å². The van der Waals surface area contributed by atoms with Crippen LogP contribution in [0.5, 0.6) is 5.75 Å². The van der Waals surface area contributed by atoms with E-state index in [2.05, 4.69) is 30.3 Å². The second kappa shape index (κ2) is 8.80. The number of carbonyl (C=O) groups is 1. The molecule has 4 rings (SSSR count). The quantitative estimate of drug-likeness (QED) is 0.744. The Morgan fingerprint density at radius 2 is 1.69 bits per heavy atom. The van der Waals surface area contributed by atoms with E-state index in [9.17, 15) is 4.79 Å². The first-order chi connectivity index (χ1) is 14.1. The van der Waals surface area contributed by atoms with Gasteiger partial charge in [-0.1, -0.05) is 42.5 Å². The normalized spacial score (nSPS) is 17.9. The van der Waals surface area contributed by atoms with Crippen LogP contribution in [0.1, 0.15) is 42.4 Å². The van der Waals surface area contributed by atoms with Crippen molar-refractivity contribution in [3.8, 4) is 5.75 Å². The number of hydrogen-bond donors (Lipinski definition) is 1. The van der Waals surface area contributed by atoms with E-state index >= 15 is 0 Å². The number of rotatable bonds is 7. The minimum absolute atomic E-state index is 0.143. The molecular formula is C24H26O5. The third-order valence-electron chi connectivity index (χ3n) is 5.53. The Kier molecular flexibility index (Phi) is 5.97. The maximum absolute atomic E-state index is 10.6. The van der Waals surface area contributed by atoms with Crippen LogP contribution in [-0.2, 0) is 27.3 Å². The van der Waals surface area contributed by atoms with Crippen molar-refractivity contribution in [2.45, 2.75) is 44.5 Å². The van der Waals surface area contributed by atoms with Gasteiger partial charge in [0.25, 0.3) is 0 Å². The standard InChI is InChI=1S/C24H26O5/c25-23(26)10-5-18-3-8-22(9-4-18)27-17-19-1-6-20(7-2-19)21-11-13-24(14-12-21)28-15-16-29-24/h1-4,6-9,11H,5,10,12-17H2,(H,25,26). The second-order valence-electron chi connectivity index (χ2n) is 7.56. The summed E-state index contributed by atoms with van der Waals surface area (Å²) in [5.74, 6) is -0.372. The van der Waals surface area contributed by atoms with Gasteiger partial charge in [0.1, 0.15) is 12.4 Å². The Hall–Kier alpha value is -2.63. The SMILES string of the molecule is O=C(O)CCc1ccc(OCc2ccc(C3=CCC4(CC3)OCCO4)cc2)cc1. The first kappa shape index (κ1) is 19.7. The fourth-order valence-corrected chi connectivity index (χ4v) is 3.81. The third-order valence-corrected chi connectivity index (χ3v) is 5.53. The van der Waals surface area contributed by atoms with Gasteiger partial charge in [-0.3, -0.25) is 4.79 Å². The van der Waals surface area contributed by atoms with Crippen LogP contribution in [0.15, 0.2) is 54.6 Å². The number of aliphatic carboxylic acids is 1. The first-order valence-electron chi connectivity index (χ1n) is 10.1. The molecule has 1 fully saturated rings. The largest absolute Gasteiger partial charge is 0.489 e. The molecule has 5 heteroatoms. The molecule has 152 valence electrons. The number of carboxylic acid groups (broad SMARTS) is 1. The van der Waals surface area contributed by atoms with E-state index in [1.165, 1.54) is 11.1 Å². The molecule has 0 bridgehead atoms. The van der Waals surface area contributed by atoms with E-state index in [1.54, 1.807) is 0 Å². The molecular weight excluding hydrogens is 368 g/mol. The average molecular weight is 394 g/mol. The lowest BCUT2D eigenvalue weighted by Gasteiger charge is -2.30. The molecule has 1 N–H and O–H groups in total. The van der Waals surface area contributed by atoms with Gasteiger partial charge in [0, 0.05) is 19.3 Å². The summed E-state index contributed by atoms with van der Waals surface area (Å²) in [6, 6.07) is 16.1. The van der Waals surface area contributed by atoms with Crippen molar-refractivity contribution in [2.24, 2.45) is 0 Å². The van der Waals surface area contributed by atoms with Crippen molar-refractivity contribution in [3.63, 3.8) is 0 Å². The number of carboxylic acids is 1. The van der Waals surface area contributed by atoms with Gasteiger partial charge in [0.05, 0.1) is 13.2 Å². The van der Waals surface area contributed by atoms with Crippen LogP contribution < -0.4 is 4.74 Å². The Labute approximate surface area is 170 Å². The van der Waals surface area contributed by atoms with Crippen LogP contribution >= 0.6 is 0 Å². The molecule has 0 aromatic heterocycles. The molecule has 29 heavy (non-hydrogen) atoms. The van der Waals surface area contributed by atoms with E-state index in [4.69, 9.17) is 19.3 Å². The number of hydrogen-bond acceptors (Lipinski definition) is 4. The summed E-state index contributed by atoms with van der Waals surface area (Å²) in [4.78, 5) is 10.6. The molecule has 1 saturated heterocycles. The van der Waals surface area contributed by atoms with Gasteiger partial charge >= 0.3 is 5.97 Å². The maximum Gasteiger partial charge on any atom is 0.303 e. The van der Waals surface area contributed by atoms with Crippen LogP contribution in [-0.4, -0.2) is 30.1 Å². The molecule has 5 nitrogen and oxygen atoms in total. The summed E-state index contributed by atoms with van der Waals surface area (Å²) in [5, 5.41) is 8.75. The van der Waals surface area contributed by atoms with Crippen molar-refractivity contribution >= 4 is 11.5 Å². The highest BCUT2D eigenvalue weighted by atomic mass is 16.7. The topological polar surface area (TPSA) is 65.0 Å². The summed E-state index contributed by atoms with van der Waals surface area (Å²) in [7, 11) is 0. The zero-order valence-corrected chi connectivity index (χ0v) is 16.4. The van der Waals surface area contributed by atoms with Crippen molar-refractivity contribution in [2.75, 3.05) is 13.2 Å². The number of aryl methyl sites for hydroxylation is 1. The fourth-order valence-electron chi connectivity index (χ4n) is 3.81. The lowest BCUT2D eigenvalue weighted by molar-refractivity contribution is -0.159. The molecule has 1 aliphatic carbocycles. The molecule has 1 spiro atoms. The van der Waals surface area contributed by atoms with Gasteiger partial charge in [-0.25, -0.2) is 0 Å². The monoisotopic (exact) mass is 394 g/mol. The summed E-state index contributed by atoms with van der Waals surface area (Å²) in [5.41, 5.74) is 4.70. The minimum Gasteiger partial charge on any atom is -0.489 e. The van der Waals surface area contributed by atoms with Gasteiger partial charge in [-0.2, -0.15) is 0 Å². The predicted molar refractivity (Wildman–Crippen MR) is 110 cm³/mol. The Bertz CT molecular complexity index is 861. The maximum atomic E-state index is 10.6. The van der Waals surface area contributed by atoms with Crippen LogP contribution in [0.4, 0.5) is 0 Å². The van der Waals surface area contributed by atoms with Gasteiger partial charge < -0.3 is 19.3 Å². The van der Waals surface area contributed by atoms with Crippen molar-refractivity contribution in [3.05, 3.63) is 71.3 Å². The highest BCUT2D eigenvalue weighted by molar-refractivity contribution is 5.67. The molecule has 1 heterocycles. The highest BCUT2D eigenvalue weighted by Crippen LogP contribution is 2.38. The smallest absolute Gasteiger partial charge is 0.303 e. The number of benzene rings is 2. The molecule has 2 aromatic carbocycles. The summed E-state index contributed by atoms with van der Waals surface area (Å²) in [6.07, 6.45) is 5.61. The predicted octanol–water partition coefficient (Wildman–Crippen LogP) is 4.59. The molecule has 0 saturated carbocycles. The Morgan fingerprint density at radius 1 is 1.00 bits per heavy atom. The Morgan fingerprint density at radius 3 is 2.31 bits per heavy atom. The minimum atomic E-state index is -0.780. The summed E-state index contributed by atoms with van der Waals surface area (Å²) in [6.45, 7) is 1.89.